The minimum atomic E-state index is -4.68. The predicted octanol–water partition coefficient (Wildman–Crippen LogP) is 5.98. The van der Waals surface area contributed by atoms with E-state index in [0.717, 1.165) is 33.8 Å². The van der Waals surface area contributed by atoms with Crippen molar-refractivity contribution in [2.24, 2.45) is 0 Å². The van der Waals surface area contributed by atoms with E-state index in [2.05, 4.69) is 11.6 Å². The fraction of sp³-hybridized carbons (Fsp3) is 0.192. The number of benzene rings is 2. The lowest BCUT2D eigenvalue weighted by Crippen LogP contribution is -2.25. The largest absolute Gasteiger partial charge is 0.418 e. The molecule has 0 amide bonds. The number of allylic oxidation sites excluding steroid dienone is 1. The Morgan fingerprint density at radius 3 is 2.51 bits per heavy atom. The molecule has 4 rings (SSSR count). The summed E-state index contributed by atoms with van der Waals surface area (Å²) in [6, 6.07) is 13.1. The number of para-hydroxylation sites is 2. The van der Waals surface area contributed by atoms with E-state index in [1.54, 1.807) is 30.3 Å². The molecule has 35 heavy (non-hydrogen) atoms. The van der Waals surface area contributed by atoms with Gasteiger partial charge in [-0.15, -0.1) is 6.58 Å². The summed E-state index contributed by atoms with van der Waals surface area (Å²) in [5.41, 5.74) is 0.614. The van der Waals surface area contributed by atoms with Crippen LogP contribution in [0.3, 0.4) is 0 Å². The number of alkyl halides is 3. The Balaban J connectivity index is 1.81. The number of nitrogens with zero attached hydrogens (tertiary/aromatic N) is 3. The first-order valence-corrected chi connectivity index (χ1v) is 11.7. The maximum Gasteiger partial charge on any atom is 0.418 e. The maximum absolute atomic E-state index is 13.8. The zero-order valence-corrected chi connectivity index (χ0v) is 19.9. The molecule has 0 atom stereocenters. The van der Waals surface area contributed by atoms with Gasteiger partial charge in [0.15, 0.2) is 10.9 Å². The molecule has 0 N–H and O–H groups in total. The van der Waals surface area contributed by atoms with Gasteiger partial charge in [0.25, 0.3) is 5.56 Å². The second-order valence-electron chi connectivity index (χ2n) is 7.96. The fourth-order valence-corrected chi connectivity index (χ4v) is 4.92. The molecule has 0 saturated heterocycles. The Morgan fingerprint density at radius 1 is 1.11 bits per heavy atom. The zero-order chi connectivity index (χ0) is 25.3. The highest BCUT2D eigenvalue weighted by molar-refractivity contribution is 7.99. The van der Waals surface area contributed by atoms with Gasteiger partial charge in [0.2, 0.25) is 0 Å². The Labute approximate surface area is 203 Å². The molecule has 0 radical (unpaired) electrons. The monoisotopic (exact) mass is 497 g/mol. The highest BCUT2D eigenvalue weighted by Gasteiger charge is 2.34. The van der Waals surface area contributed by atoms with E-state index in [-0.39, 0.29) is 27.8 Å². The quantitative estimate of drug-likeness (QED) is 0.136. The fourth-order valence-electron chi connectivity index (χ4n) is 4.03. The van der Waals surface area contributed by atoms with Gasteiger partial charge in [-0.05, 0) is 44.2 Å². The van der Waals surface area contributed by atoms with Gasteiger partial charge in [-0.2, -0.15) is 13.2 Å². The lowest BCUT2D eigenvalue weighted by atomic mass is 10.1. The smallest absolute Gasteiger partial charge is 0.345 e. The number of hydrogen-bond donors (Lipinski definition) is 0. The zero-order valence-electron chi connectivity index (χ0n) is 19.1. The van der Waals surface area contributed by atoms with Crippen molar-refractivity contribution in [1.29, 1.82) is 0 Å². The predicted molar refractivity (Wildman–Crippen MR) is 131 cm³/mol. The van der Waals surface area contributed by atoms with Crippen LogP contribution in [-0.4, -0.2) is 25.7 Å². The standard InChI is InChI=1S/C26H22F3N3O2S/c1-4-13-31-16(2)14-19(17(31)3)23(33)15-35-25-30-21-11-7-5-9-18(21)24(34)32(25)22-12-8-6-10-20(22)26(27,28)29/h4-12,14H,1,13,15H2,2-3H3. The summed E-state index contributed by atoms with van der Waals surface area (Å²) >= 11 is 0.936. The molecule has 9 heteroatoms. The Bertz CT molecular complexity index is 1500. The number of aromatic nitrogens is 3. The van der Waals surface area contributed by atoms with Crippen LogP contribution in [0.1, 0.15) is 27.3 Å². The van der Waals surface area contributed by atoms with Crippen LogP contribution < -0.4 is 5.56 Å². The van der Waals surface area contributed by atoms with E-state index in [1.165, 1.54) is 24.3 Å². The van der Waals surface area contributed by atoms with Crippen LogP contribution >= 0.6 is 11.8 Å². The lowest BCUT2D eigenvalue weighted by molar-refractivity contribution is -0.137. The average Bonchev–Trinajstić information content (AvgIpc) is 3.11. The van der Waals surface area contributed by atoms with Gasteiger partial charge in [0.1, 0.15) is 0 Å². The second-order valence-corrected chi connectivity index (χ2v) is 8.91. The molecule has 4 aromatic rings. The van der Waals surface area contributed by atoms with E-state index in [9.17, 15) is 22.8 Å². The van der Waals surface area contributed by atoms with E-state index in [0.29, 0.717) is 17.6 Å². The summed E-state index contributed by atoms with van der Waals surface area (Å²) in [5.74, 6) is -0.311. The molecule has 0 bridgehead atoms. The van der Waals surface area contributed by atoms with E-state index in [1.807, 2.05) is 18.4 Å². The molecule has 0 saturated carbocycles. The summed E-state index contributed by atoms with van der Waals surface area (Å²) in [5, 5.41) is 0.201. The van der Waals surface area contributed by atoms with E-state index in [4.69, 9.17) is 0 Å². The highest BCUT2D eigenvalue weighted by Crippen LogP contribution is 2.35. The van der Waals surface area contributed by atoms with Crippen LogP contribution in [0.15, 0.2) is 77.2 Å². The molecule has 0 fully saturated rings. The van der Waals surface area contributed by atoms with Crippen molar-refractivity contribution < 1.29 is 18.0 Å². The maximum atomic E-state index is 13.8. The topological polar surface area (TPSA) is 56.9 Å². The molecule has 5 nitrogen and oxygen atoms in total. The molecule has 2 aromatic carbocycles. The number of Topliss-reactive ketones (excluding diaryl/α,β-unsaturated/α-hetero) is 1. The number of carbonyl (C=O) groups excluding carboxylic acids is 1. The molecule has 2 heterocycles. The van der Waals surface area contributed by atoms with E-state index >= 15 is 0 Å². The molecular formula is C26H22F3N3O2S. The van der Waals surface area contributed by atoms with Gasteiger partial charge in [-0.1, -0.05) is 42.1 Å². The summed E-state index contributed by atoms with van der Waals surface area (Å²) in [6.07, 6.45) is -2.94. The van der Waals surface area contributed by atoms with Crippen LogP contribution in [-0.2, 0) is 12.7 Å². The van der Waals surface area contributed by atoms with Gasteiger partial charge < -0.3 is 4.57 Å². The molecule has 0 unspecified atom stereocenters. The first-order valence-electron chi connectivity index (χ1n) is 10.8. The molecule has 0 spiro atoms. The third kappa shape index (κ3) is 4.68. The summed E-state index contributed by atoms with van der Waals surface area (Å²) in [6.45, 7) is 8.00. The highest BCUT2D eigenvalue weighted by atomic mass is 32.2. The number of ketones is 1. The number of rotatable bonds is 7. The average molecular weight is 498 g/mol. The van der Waals surface area contributed by atoms with Gasteiger partial charge in [-0.25, -0.2) is 4.98 Å². The van der Waals surface area contributed by atoms with Crippen LogP contribution in [0.5, 0.6) is 0 Å². The van der Waals surface area contributed by atoms with Crippen molar-refractivity contribution >= 4 is 28.4 Å². The Hall–Kier alpha value is -3.59. The van der Waals surface area contributed by atoms with Gasteiger partial charge in [-0.3, -0.25) is 14.2 Å². The van der Waals surface area contributed by atoms with Gasteiger partial charge in [0, 0.05) is 23.5 Å². The van der Waals surface area contributed by atoms with Crippen molar-refractivity contribution in [1.82, 2.24) is 14.1 Å². The summed E-state index contributed by atoms with van der Waals surface area (Å²) in [4.78, 5) is 30.9. The van der Waals surface area contributed by atoms with Gasteiger partial charge in [0.05, 0.1) is 27.9 Å². The number of thioether (sulfide) groups is 1. The van der Waals surface area contributed by atoms with Crippen LogP contribution in [0, 0.1) is 13.8 Å². The number of fused-ring (bicyclic) bond motifs is 1. The first-order chi connectivity index (χ1) is 16.6. The number of carbonyl (C=O) groups is 1. The second kappa shape index (κ2) is 9.58. The summed E-state index contributed by atoms with van der Waals surface area (Å²) < 4.78 is 44.3. The van der Waals surface area contributed by atoms with Crippen LogP contribution in [0.2, 0.25) is 0 Å². The molecule has 2 aromatic heterocycles. The van der Waals surface area contributed by atoms with Crippen molar-refractivity contribution in [3.05, 3.63) is 100 Å². The van der Waals surface area contributed by atoms with Crippen LogP contribution in [0.4, 0.5) is 13.2 Å². The molecule has 0 aliphatic carbocycles. The molecular weight excluding hydrogens is 475 g/mol. The van der Waals surface area contributed by atoms with Gasteiger partial charge >= 0.3 is 6.18 Å². The minimum absolute atomic E-state index is 0.0126. The van der Waals surface area contributed by atoms with Crippen LogP contribution in [0.25, 0.3) is 16.6 Å². The third-order valence-corrected chi connectivity index (χ3v) is 6.65. The number of hydrogen-bond acceptors (Lipinski definition) is 4. The van der Waals surface area contributed by atoms with Crippen molar-refractivity contribution in [2.45, 2.75) is 31.7 Å². The van der Waals surface area contributed by atoms with Crippen molar-refractivity contribution in [2.75, 3.05) is 5.75 Å². The van der Waals surface area contributed by atoms with Crippen molar-refractivity contribution in [3.8, 4) is 5.69 Å². The third-order valence-electron chi connectivity index (χ3n) is 5.71. The first kappa shape index (κ1) is 24.5. The SMILES string of the molecule is C=CCn1c(C)cc(C(=O)CSc2nc3ccccc3c(=O)n2-c2ccccc2C(F)(F)F)c1C. The van der Waals surface area contributed by atoms with E-state index < -0.39 is 17.3 Å². The Kier molecular flexibility index (Phi) is 6.71. The lowest BCUT2D eigenvalue weighted by Gasteiger charge is -2.17. The minimum Gasteiger partial charge on any atom is -0.345 e. The molecule has 0 aliphatic heterocycles. The molecule has 0 aliphatic rings. The Morgan fingerprint density at radius 2 is 1.80 bits per heavy atom. The number of halogens is 3. The summed E-state index contributed by atoms with van der Waals surface area (Å²) in [7, 11) is 0. The number of aryl methyl sites for hydroxylation is 1. The molecule has 180 valence electrons. The van der Waals surface area contributed by atoms with Crippen molar-refractivity contribution in [3.63, 3.8) is 0 Å². The normalized spacial score (nSPS) is 11.7.